The highest BCUT2D eigenvalue weighted by atomic mass is 15.1. The number of rotatable bonds is 5. The summed E-state index contributed by atoms with van der Waals surface area (Å²) in [5.74, 6) is 0.672. The molecule has 1 heterocycles. The fourth-order valence-corrected chi connectivity index (χ4v) is 1.86. The largest absolute Gasteiger partial charge is 0.368 e. The van der Waals surface area contributed by atoms with Crippen molar-refractivity contribution in [3.8, 4) is 6.07 Å². The van der Waals surface area contributed by atoms with E-state index in [4.69, 9.17) is 0 Å². The van der Waals surface area contributed by atoms with Crippen LogP contribution in [0.25, 0.3) is 10.9 Å². The number of benzene rings is 1. The van der Waals surface area contributed by atoms with Crippen LogP contribution in [0.15, 0.2) is 30.3 Å². The van der Waals surface area contributed by atoms with Gasteiger partial charge in [-0.3, -0.25) is 0 Å². The molecular formula is C15H18N4. The number of anilines is 1. The molecule has 4 heteroatoms. The Kier molecular flexibility index (Phi) is 4.32. The smallest absolute Gasteiger partial charge is 0.144 e. The second-order valence-corrected chi connectivity index (χ2v) is 4.51. The molecule has 4 nitrogen and oxygen atoms in total. The topological polar surface area (TPSA) is 52.0 Å². The molecule has 0 atom stereocenters. The van der Waals surface area contributed by atoms with Gasteiger partial charge < -0.3 is 10.2 Å². The van der Waals surface area contributed by atoms with Crippen LogP contribution in [-0.4, -0.2) is 36.6 Å². The van der Waals surface area contributed by atoms with Crippen LogP contribution in [0, 0.1) is 11.3 Å². The molecule has 0 radical (unpaired) electrons. The molecule has 0 unspecified atom stereocenters. The van der Waals surface area contributed by atoms with Gasteiger partial charge in [0.1, 0.15) is 11.9 Å². The molecule has 2 rings (SSSR count). The SMILES string of the molecule is CCN(C)CCNc1nc2ccccc2cc1C#N. The summed E-state index contributed by atoms with van der Waals surface area (Å²) in [6.07, 6.45) is 0. The molecular weight excluding hydrogens is 236 g/mol. The minimum absolute atomic E-state index is 0.595. The molecule has 0 bridgehead atoms. The Morgan fingerprint density at radius 1 is 1.37 bits per heavy atom. The lowest BCUT2D eigenvalue weighted by Gasteiger charge is -2.15. The van der Waals surface area contributed by atoms with E-state index in [-0.39, 0.29) is 0 Å². The van der Waals surface area contributed by atoms with Gasteiger partial charge in [-0.05, 0) is 25.7 Å². The van der Waals surface area contributed by atoms with E-state index >= 15 is 0 Å². The number of para-hydroxylation sites is 1. The first-order valence-corrected chi connectivity index (χ1v) is 6.47. The molecule has 1 N–H and O–H groups in total. The maximum atomic E-state index is 9.19. The third-order valence-electron chi connectivity index (χ3n) is 3.17. The van der Waals surface area contributed by atoms with Crippen LogP contribution in [0.5, 0.6) is 0 Å². The van der Waals surface area contributed by atoms with Gasteiger partial charge in [-0.25, -0.2) is 4.98 Å². The molecule has 0 saturated heterocycles. The second-order valence-electron chi connectivity index (χ2n) is 4.51. The van der Waals surface area contributed by atoms with Crippen LogP contribution >= 0.6 is 0 Å². The van der Waals surface area contributed by atoms with Crippen molar-refractivity contribution in [3.05, 3.63) is 35.9 Å². The Morgan fingerprint density at radius 3 is 2.89 bits per heavy atom. The van der Waals surface area contributed by atoms with Gasteiger partial charge in [0.05, 0.1) is 11.1 Å². The standard InChI is InChI=1S/C15H18N4/c1-3-19(2)9-8-17-15-13(11-16)10-12-6-4-5-7-14(12)18-15/h4-7,10H,3,8-9H2,1-2H3,(H,17,18). The number of hydrogen-bond acceptors (Lipinski definition) is 4. The Balaban J connectivity index is 2.19. The van der Waals surface area contributed by atoms with Crippen LogP contribution in [0.1, 0.15) is 12.5 Å². The van der Waals surface area contributed by atoms with E-state index in [0.717, 1.165) is 30.5 Å². The number of nitrogens with one attached hydrogen (secondary N) is 1. The summed E-state index contributed by atoms with van der Waals surface area (Å²) in [5, 5.41) is 13.4. The normalized spacial score (nSPS) is 10.6. The van der Waals surface area contributed by atoms with Crippen molar-refractivity contribution in [2.75, 3.05) is 32.0 Å². The number of nitrogens with zero attached hydrogens (tertiary/aromatic N) is 3. The Morgan fingerprint density at radius 2 is 2.16 bits per heavy atom. The Hall–Kier alpha value is -2.12. The summed E-state index contributed by atoms with van der Waals surface area (Å²) >= 11 is 0. The number of pyridine rings is 1. The van der Waals surface area contributed by atoms with E-state index in [9.17, 15) is 5.26 Å². The third kappa shape index (κ3) is 3.21. The minimum atomic E-state index is 0.595. The van der Waals surface area contributed by atoms with Crippen molar-refractivity contribution in [1.29, 1.82) is 5.26 Å². The summed E-state index contributed by atoms with van der Waals surface area (Å²) in [7, 11) is 2.07. The highest BCUT2D eigenvalue weighted by Crippen LogP contribution is 2.19. The van der Waals surface area contributed by atoms with Gasteiger partial charge in [0.25, 0.3) is 0 Å². The zero-order chi connectivity index (χ0) is 13.7. The lowest BCUT2D eigenvalue weighted by atomic mass is 10.1. The van der Waals surface area contributed by atoms with Gasteiger partial charge in [-0.1, -0.05) is 25.1 Å². The molecule has 0 saturated carbocycles. The average molecular weight is 254 g/mol. The van der Waals surface area contributed by atoms with Gasteiger partial charge >= 0.3 is 0 Å². The van der Waals surface area contributed by atoms with Crippen LogP contribution in [-0.2, 0) is 0 Å². The minimum Gasteiger partial charge on any atom is -0.368 e. The van der Waals surface area contributed by atoms with Crippen LogP contribution in [0.4, 0.5) is 5.82 Å². The van der Waals surface area contributed by atoms with Crippen LogP contribution in [0.2, 0.25) is 0 Å². The highest BCUT2D eigenvalue weighted by Gasteiger charge is 2.06. The van der Waals surface area contributed by atoms with Crippen molar-refractivity contribution in [3.63, 3.8) is 0 Å². The van der Waals surface area contributed by atoms with E-state index < -0.39 is 0 Å². The number of fused-ring (bicyclic) bond motifs is 1. The van der Waals surface area contributed by atoms with E-state index in [1.807, 2.05) is 30.3 Å². The fourth-order valence-electron chi connectivity index (χ4n) is 1.86. The van der Waals surface area contributed by atoms with Gasteiger partial charge in [0.15, 0.2) is 0 Å². The molecule has 0 spiro atoms. The van der Waals surface area contributed by atoms with Crippen molar-refractivity contribution >= 4 is 16.7 Å². The lowest BCUT2D eigenvalue weighted by molar-refractivity contribution is 0.367. The highest BCUT2D eigenvalue weighted by molar-refractivity contribution is 5.82. The molecule has 0 aliphatic carbocycles. The zero-order valence-electron chi connectivity index (χ0n) is 11.3. The molecule has 1 aromatic carbocycles. The summed E-state index contributed by atoms with van der Waals surface area (Å²) in [4.78, 5) is 6.72. The number of nitriles is 1. The summed E-state index contributed by atoms with van der Waals surface area (Å²) in [6, 6.07) is 11.9. The molecule has 0 amide bonds. The summed E-state index contributed by atoms with van der Waals surface area (Å²) in [6.45, 7) is 4.84. The maximum Gasteiger partial charge on any atom is 0.144 e. The van der Waals surface area contributed by atoms with Crippen molar-refractivity contribution in [2.45, 2.75) is 6.92 Å². The molecule has 0 fully saturated rings. The van der Waals surface area contributed by atoms with Gasteiger partial charge in [0.2, 0.25) is 0 Å². The van der Waals surface area contributed by atoms with E-state index in [0.29, 0.717) is 11.4 Å². The van der Waals surface area contributed by atoms with Gasteiger partial charge in [-0.15, -0.1) is 0 Å². The van der Waals surface area contributed by atoms with Crippen molar-refractivity contribution in [2.24, 2.45) is 0 Å². The van der Waals surface area contributed by atoms with E-state index in [1.54, 1.807) is 0 Å². The molecule has 19 heavy (non-hydrogen) atoms. The first-order valence-electron chi connectivity index (χ1n) is 6.47. The average Bonchev–Trinajstić information content (AvgIpc) is 2.46. The first kappa shape index (κ1) is 13.3. The van der Waals surface area contributed by atoms with Crippen molar-refractivity contribution in [1.82, 2.24) is 9.88 Å². The predicted molar refractivity (Wildman–Crippen MR) is 78.1 cm³/mol. The monoisotopic (exact) mass is 254 g/mol. The Labute approximate surface area is 113 Å². The predicted octanol–water partition coefficient (Wildman–Crippen LogP) is 2.47. The van der Waals surface area contributed by atoms with Crippen molar-refractivity contribution < 1.29 is 0 Å². The lowest BCUT2D eigenvalue weighted by Crippen LogP contribution is -2.25. The van der Waals surface area contributed by atoms with Crippen LogP contribution in [0.3, 0.4) is 0 Å². The van der Waals surface area contributed by atoms with E-state index in [2.05, 4.69) is 35.2 Å². The Bertz CT molecular complexity index is 601. The van der Waals surface area contributed by atoms with Crippen LogP contribution < -0.4 is 5.32 Å². The molecule has 0 aliphatic rings. The van der Waals surface area contributed by atoms with Gasteiger partial charge in [-0.2, -0.15) is 5.26 Å². The number of likely N-dealkylation sites (N-methyl/N-ethyl adjacent to an activating group) is 1. The summed E-state index contributed by atoms with van der Waals surface area (Å²) < 4.78 is 0. The van der Waals surface area contributed by atoms with E-state index in [1.165, 1.54) is 0 Å². The molecule has 2 aromatic rings. The zero-order valence-corrected chi connectivity index (χ0v) is 11.3. The van der Waals surface area contributed by atoms with Gasteiger partial charge in [0, 0.05) is 18.5 Å². The third-order valence-corrected chi connectivity index (χ3v) is 3.17. The fraction of sp³-hybridized carbons (Fsp3) is 0.333. The molecule has 1 aromatic heterocycles. The molecule has 0 aliphatic heterocycles. The second kappa shape index (κ2) is 6.17. The first-order chi connectivity index (χ1) is 9.24. The quantitative estimate of drug-likeness (QED) is 0.890. The number of aromatic nitrogens is 1. The number of hydrogen-bond donors (Lipinski definition) is 1. The molecule has 98 valence electrons. The maximum absolute atomic E-state index is 9.19. The summed E-state index contributed by atoms with van der Waals surface area (Å²) in [5.41, 5.74) is 1.51.